The van der Waals surface area contributed by atoms with Crippen LogP contribution < -0.4 is 5.32 Å². The van der Waals surface area contributed by atoms with Crippen molar-refractivity contribution in [3.63, 3.8) is 0 Å². The fraction of sp³-hybridized carbons (Fsp3) is 0.875. The Kier molecular flexibility index (Phi) is 3.76. The summed E-state index contributed by atoms with van der Waals surface area (Å²) in [6, 6.07) is -0.836. The van der Waals surface area contributed by atoms with Gasteiger partial charge in [-0.1, -0.05) is 0 Å². The van der Waals surface area contributed by atoms with Gasteiger partial charge in [0.2, 0.25) is 0 Å². The molecule has 8 heteroatoms. The molecular formula is C8H12F3NO4. The van der Waals surface area contributed by atoms with Crippen LogP contribution in [0.4, 0.5) is 13.2 Å². The van der Waals surface area contributed by atoms with E-state index in [2.05, 4.69) is 0 Å². The molecule has 1 saturated heterocycles. The van der Waals surface area contributed by atoms with Crippen LogP contribution in [0, 0.1) is 0 Å². The number of halogens is 3. The predicted molar refractivity (Wildman–Crippen MR) is 45.3 cm³/mol. The van der Waals surface area contributed by atoms with Gasteiger partial charge in [0, 0.05) is 14.0 Å². The van der Waals surface area contributed by atoms with Gasteiger partial charge in [0.05, 0.1) is 19.3 Å². The van der Waals surface area contributed by atoms with Crippen molar-refractivity contribution in [1.82, 2.24) is 5.32 Å². The Morgan fingerprint density at radius 3 is 2.31 bits per heavy atom. The first kappa shape index (κ1) is 13.2. The third kappa shape index (κ3) is 3.32. The number of rotatable bonds is 2. The number of hydrogen-bond acceptors (Lipinski definition) is 4. The Labute approximate surface area is 89.8 Å². The van der Waals surface area contributed by atoms with Gasteiger partial charge in [-0.2, -0.15) is 13.2 Å². The first-order valence-corrected chi connectivity index (χ1v) is 4.47. The Balaban J connectivity index is 2.41. The molecule has 1 aliphatic heterocycles. The van der Waals surface area contributed by atoms with Crippen LogP contribution in [0.25, 0.3) is 0 Å². The number of methoxy groups -OCH3 is 1. The second kappa shape index (κ2) is 4.56. The summed E-state index contributed by atoms with van der Waals surface area (Å²) >= 11 is 0. The minimum atomic E-state index is -4.90. The third-order valence-electron chi connectivity index (χ3n) is 2.06. The zero-order valence-electron chi connectivity index (χ0n) is 8.76. The van der Waals surface area contributed by atoms with Crippen molar-refractivity contribution in [2.75, 3.05) is 20.3 Å². The van der Waals surface area contributed by atoms with Crippen LogP contribution in [-0.4, -0.2) is 44.4 Å². The van der Waals surface area contributed by atoms with Gasteiger partial charge in [0.1, 0.15) is 0 Å². The van der Waals surface area contributed by atoms with Crippen molar-refractivity contribution >= 4 is 5.91 Å². The lowest BCUT2D eigenvalue weighted by molar-refractivity contribution is -0.384. The molecule has 0 radical (unpaired) electrons. The first-order chi connectivity index (χ1) is 7.27. The predicted octanol–water partition coefficient (Wildman–Crippen LogP) is 0.400. The Morgan fingerprint density at radius 1 is 1.44 bits per heavy atom. The molecule has 0 atom stereocenters. The second-order valence-electron chi connectivity index (χ2n) is 3.36. The van der Waals surface area contributed by atoms with E-state index in [1.807, 2.05) is 0 Å². The fourth-order valence-electron chi connectivity index (χ4n) is 1.06. The highest BCUT2D eigenvalue weighted by atomic mass is 19.4. The Morgan fingerprint density at radius 2 is 1.94 bits per heavy atom. The van der Waals surface area contributed by atoms with Crippen LogP contribution in [-0.2, 0) is 19.0 Å². The topological polar surface area (TPSA) is 56.8 Å². The van der Waals surface area contributed by atoms with Crippen molar-refractivity contribution in [3.05, 3.63) is 0 Å². The zero-order chi connectivity index (χ0) is 12.4. The number of hydrogen-bond donors (Lipinski definition) is 1. The van der Waals surface area contributed by atoms with E-state index in [-0.39, 0.29) is 13.2 Å². The quantitative estimate of drug-likeness (QED) is 0.762. The van der Waals surface area contributed by atoms with Crippen molar-refractivity contribution in [3.8, 4) is 0 Å². The molecule has 1 rings (SSSR count). The minimum absolute atomic E-state index is 0.105. The molecule has 0 unspecified atom stereocenters. The molecule has 0 saturated carbocycles. The molecule has 1 amide bonds. The molecule has 1 aliphatic rings. The lowest BCUT2D eigenvalue weighted by atomic mass is 10.3. The molecule has 0 spiro atoms. The van der Waals surface area contributed by atoms with Crippen LogP contribution in [0.1, 0.15) is 6.92 Å². The van der Waals surface area contributed by atoms with Gasteiger partial charge in [-0.05, 0) is 0 Å². The molecule has 16 heavy (non-hydrogen) atoms. The molecule has 0 bridgehead atoms. The van der Waals surface area contributed by atoms with Gasteiger partial charge in [-0.3, -0.25) is 4.79 Å². The third-order valence-corrected chi connectivity index (χ3v) is 2.06. The molecular weight excluding hydrogens is 231 g/mol. The van der Waals surface area contributed by atoms with E-state index in [0.717, 1.165) is 0 Å². The van der Waals surface area contributed by atoms with E-state index in [1.165, 1.54) is 14.0 Å². The summed E-state index contributed by atoms with van der Waals surface area (Å²) in [5.41, 5.74) is 0. The molecule has 94 valence electrons. The smallest absolute Gasteiger partial charge is 0.341 e. The van der Waals surface area contributed by atoms with Gasteiger partial charge in [0.25, 0.3) is 5.97 Å². The Bertz CT molecular complexity index is 260. The summed E-state index contributed by atoms with van der Waals surface area (Å²) in [5, 5.41) is 1.75. The monoisotopic (exact) mass is 243 g/mol. The number of alkyl halides is 3. The van der Waals surface area contributed by atoms with E-state index >= 15 is 0 Å². The molecule has 0 aromatic rings. The first-order valence-electron chi connectivity index (χ1n) is 4.47. The van der Waals surface area contributed by atoms with Crippen molar-refractivity contribution in [2.45, 2.75) is 25.1 Å². The second-order valence-corrected chi connectivity index (χ2v) is 3.36. The molecule has 0 aliphatic carbocycles. The summed E-state index contributed by atoms with van der Waals surface area (Å²) in [4.78, 5) is 10.6. The summed E-state index contributed by atoms with van der Waals surface area (Å²) in [6.07, 6.45) is -4.90. The zero-order valence-corrected chi connectivity index (χ0v) is 8.76. The average Bonchev–Trinajstić information content (AvgIpc) is 2.20. The van der Waals surface area contributed by atoms with Crippen LogP contribution >= 0.6 is 0 Å². The molecule has 0 aromatic carbocycles. The summed E-state index contributed by atoms with van der Waals surface area (Å²) in [5.74, 6) is -3.27. The maximum absolute atomic E-state index is 11.9. The average molecular weight is 243 g/mol. The molecule has 1 fully saturated rings. The van der Waals surface area contributed by atoms with Crippen molar-refractivity contribution < 1.29 is 32.2 Å². The van der Waals surface area contributed by atoms with E-state index in [9.17, 15) is 18.0 Å². The highest BCUT2D eigenvalue weighted by Gasteiger charge is 2.41. The van der Waals surface area contributed by atoms with E-state index in [0.29, 0.717) is 0 Å². The number of ether oxygens (including phenoxy) is 3. The minimum Gasteiger partial charge on any atom is -0.341 e. The summed E-state index contributed by atoms with van der Waals surface area (Å²) in [7, 11) is 1.34. The lowest BCUT2D eigenvalue weighted by Crippen LogP contribution is -2.54. The largest absolute Gasteiger partial charge is 0.471 e. The maximum Gasteiger partial charge on any atom is 0.471 e. The lowest BCUT2D eigenvalue weighted by Gasteiger charge is -2.36. The standard InChI is InChI=1S/C8H12F3NO4/c1-7(14-2)15-3-5(4-16-7)12-6(13)8(9,10)11/h5H,3-4H2,1-2H3,(H,12,13). The van der Waals surface area contributed by atoms with Crippen LogP contribution in [0.2, 0.25) is 0 Å². The number of amides is 1. The molecule has 0 aromatic heterocycles. The van der Waals surface area contributed by atoms with E-state index in [1.54, 1.807) is 5.32 Å². The molecule has 5 nitrogen and oxygen atoms in total. The Hall–Kier alpha value is -0.860. The number of carbonyl (C=O) groups is 1. The normalized spacial score (nSPS) is 31.2. The highest BCUT2D eigenvalue weighted by Crippen LogP contribution is 2.20. The number of carbonyl (C=O) groups excluding carboxylic acids is 1. The van der Waals surface area contributed by atoms with E-state index < -0.39 is 24.1 Å². The summed E-state index contributed by atoms with van der Waals surface area (Å²) in [6.45, 7) is 1.27. The van der Waals surface area contributed by atoms with Crippen LogP contribution in [0.3, 0.4) is 0 Å². The van der Waals surface area contributed by atoms with Crippen molar-refractivity contribution in [1.29, 1.82) is 0 Å². The van der Waals surface area contributed by atoms with Gasteiger partial charge in [-0.25, -0.2) is 0 Å². The maximum atomic E-state index is 11.9. The molecule has 1 heterocycles. The number of nitrogens with one attached hydrogen (secondary N) is 1. The van der Waals surface area contributed by atoms with Crippen molar-refractivity contribution in [2.24, 2.45) is 0 Å². The van der Waals surface area contributed by atoms with Crippen LogP contribution in [0.5, 0.6) is 0 Å². The highest BCUT2D eigenvalue weighted by molar-refractivity contribution is 5.81. The fourth-order valence-corrected chi connectivity index (χ4v) is 1.06. The summed E-state index contributed by atoms with van der Waals surface area (Å²) < 4.78 is 50.6. The van der Waals surface area contributed by atoms with Gasteiger partial charge >= 0.3 is 12.1 Å². The van der Waals surface area contributed by atoms with Gasteiger partial charge in [0.15, 0.2) is 0 Å². The van der Waals surface area contributed by atoms with E-state index in [4.69, 9.17) is 14.2 Å². The van der Waals surface area contributed by atoms with Gasteiger partial charge < -0.3 is 19.5 Å². The SMILES string of the molecule is COC1(C)OCC(NC(=O)C(F)(F)F)CO1. The molecule has 1 N–H and O–H groups in total. The van der Waals surface area contributed by atoms with Gasteiger partial charge in [-0.15, -0.1) is 0 Å². The van der Waals surface area contributed by atoms with Crippen LogP contribution in [0.15, 0.2) is 0 Å².